The number of quaternary nitrogens is 1. The Labute approximate surface area is 180 Å². The van der Waals surface area contributed by atoms with Gasteiger partial charge < -0.3 is 14.5 Å². The fraction of sp³-hybridized carbons (Fsp3) is 0.731. The van der Waals surface area contributed by atoms with E-state index >= 15 is 0 Å². The van der Waals surface area contributed by atoms with Crippen LogP contribution in [0.3, 0.4) is 0 Å². The van der Waals surface area contributed by atoms with Gasteiger partial charge in [-0.05, 0) is 74.8 Å². The summed E-state index contributed by atoms with van der Waals surface area (Å²) >= 11 is 0. The van der Waals surface area contributed by atoms with Gasteiger partial charge in [0.05, 0.1) is 18.8 Å². The summed E-state index contributed by atoms with van der Waals surface area (Å²) in [7, 11) is 0. The summed E-state index contributed by atoms with van der Waals surface area (Å²) in [5, 5.41) is 2.49. The lowest BCUT2D eigenvalue weighted by molar-refractivity contribution is -0.702. The molecule has 0 bridgehead atoms. The van der Waals surface area contributed by atoms with Crippen molar-refractivity contribution in [2.75, 3.05) is 6.54 Å². The Morgan fingerprint density at radius 2 is 2.13 bits per heavy atom. The molecule has 2 N–H and O–H groups in total. The number of nitrogens with two attached hydrogens (primary N) is 1. The lowest BCUT2D eigenvalue weighted by Gasteiger charge is -2.49. The average Bonchev–Trinajstić information content (AvgIpc) is 3.33. The molecule has 3 saturated carbocycles. The molecule has 4 nitrogen and oxygen atoms in total. The van der Waals surface area contributed by atoms with Crippen molar-refractivity contribution in [3.05, 3.63) is 36.3 Å². The highest BCUT2D eigenvalue weighted by molar-refractivity contribution is 5.75. The second-order valence-electron chi connectivity index (χ2n) is 10.9. The van der Waals surface area contributed by atoms with E-state index in [1.54, 1.807) is 6.26 Å². The van der Waals surface area contributed by atoms with Gasteiger partial charge in [0.2, 0.25) is 0 Å². The van der Waals surface area contributed by atoms with Crippen molar-refractivity contribution >= 4 is 5.97 Å². The molecule has 164 valence electrons. The number of carbonyl (C=O) groups excluding carboxylic acids is 1. The summed E-state index contributed by atoms with van der Waals surface area (Å²) in [6, 6.07) is 4.68. The zero-order chi connectivity index (χ0) is 20.7. The minimum Gasteiger partial charge on any atom is -0.469 e. The van der Waals surface area contributed by atoms with Gasteiger partial charge >= 0.3 is 5.97 Å². The molecule has 1 aromatic heterocycles. The Morgan fingerprint density at radius 3 is 2.97 bits per heavy atom. The standard InChI is InChI=1S/C26H37NO3/c1-17-7-5-11-26(2)15-24-20(14-22(17)26)21(25(28)30-24)16-27-23-10-4-3-8-18(23)13-19-9-6-12-29-19/h6,9,12,18,20-24,27H,1,3-5,7-8,10-11,13-16H2,2H3/p+1/t18-,20+,21+,22+,23+,24-,26+/m1/s1. The molecule has 0 radical (unpaired) electrons. The second-order valence-corrected chi connectivity index (χ2v) is 10.9. The van der Waals surface area contributed by atoms with Crippen LogP contribution >= 0.6 is 0 Å². The SMILES string of the molecule is C=C1CCC[C@@]2(C)C[C@H]3OC(=O)[C@@H](C[NH2+][C@H]4CCCC[C@@H]4Cc4ccco4)[C@@H]3C[C@@H]12. The first kappa shape index (κ1) is 20.4. The number of fused-ring (bicyclic) bond motifs is 2. The van der Waals surface area contributed by atoms with Crippen LogP contribution in [0.5, 0.6) is 0 Å². The monoisotopic (exact) mass is 412 g/mol. The maximum absolute atomic E-state index is 12.9. The number of hydrogen-bond acceptors (Lipinski definition) is 3. The van der Waals surface area contributed by atoms with E-state index in [4.69, 9.17) is 9.15 Å². The number of rotatable bonds is 5. The Hall–Kier alpha value is -1.55. The third-order valence-electron chi connectivity index (χ3n) is 9.02. The van der Waals surface area contributed by atoms with E-state index in [1.807, 2.05) is 6.07 Å². The van der Waals surface area contributed by atoms with Gasteiger partial charge in [0.15, 0.2) is 0 Å². The molecule has 1 aromatic rings. The summed E-state index contributed by atoms with van der Waals surface area (Å²) in [6.07, 6.45) is 13.9. The van der Waals surface area contributed by atoms with Crippen LogP contribution in [0, 0.1) is 29.1 Å². The molecule has 0 unspecified atom stereocenters. The zero-order valence-corrected chi connectivity index (χ0v) is 18.5. The Balaban J connectivity index is 1.24. The van der Waals surface area contributed by atoms with Gasteiger partial charge in [-0.3, -0.25) is 4.79 Å². The van der Waals surface area contributed by atoms with Gasteiger partial charge in [0.1, 0.15) is 17.8 Å². The molecule has 0 spiro atoms. The fourth-order valence-electron chi connectivity index (χ4n) is 7.33. The highest BCUT2D eigenvalue weighted by Crippen LogP contribution is 2.56. The van der Waals surface area contributed by atoms with E-state index < -0.39 is 0 Å². The van der Waals surface area contributed by atoms with E-state index in [0.29, 0.717) is 23.8 Å². The first-order valence-electron chi connectivity index (χ1n) is 12.3. The molecular weight excluding hydrogens is 374 g/mol. The van der Waals surface area contributed by atoms with Crippen LogP contribution in [-0.2, 0) is 16.0 Å². The van der Waals surface area contributed by atoms with Crippen LogP contribution in [0.25, 0.3) is 0 Å². The molecular formula is C26H38NO3+. The van der Waals surface area contributed by atoms with Crippen LogP contribution in [0.15, 0.2) is 35.0 Å². The van der Waals surface area contributed by atoms with E-state index in [1.165, 1.54) is 50.5 Å². The van der Waals surface area contributed by atoms with Gasteiger partial charge in [0, 0.05) is 18.3 Å². The molecule has 3 aliphatic carbocycles. The average molecular weight is 413 g/mol. The molecule has 5 rings (SSSR count). The third kappa shape index (κ3) is 3.77. The van der Waals surface area contributed by atoms with Gasteiger partial charge in [-0.25, -0.2) is 0 Å². The maximum Gasteiger partial charge on any atom is 0.315 e. The lowest BCUT2D eigenvalue weighted by atomic mass is 9.55. The predicted molar refractivity (Wildman–Crippen MR) is 116 cm³/mol. The topological polar surface area (TPSA) is 56.0 Å². The number of ether oxygens (including phenoxy) is 1. The fourth-order valence-corrected chi connectivity index (χ4v) is 7.33. The maximum atomic E-state index is 12.9. The first-order valence-corrected chi connectivity index (χ1v) is 12.3. The minimum atomic E-state index is 0.0560. The molecule has 30 heavy (non-hydrogen) atoms. The van der Waals surface area contributed by atoms with Gasteiger partial charge in [0.25, 0.3) is 0 Å². The van der Waals surface area contributed by atoms with Crippen LogP contribution in [0.1, 0.15) is 70.5 Å². The van der Waals surface area contributed by atoms with Gasteiger partial charge in [-0.2, -0.15) is 0 Å². The van der Waals surface area contributed by atoms with Crippen molar-refractivity contribution in [1.29, 1.82) is 0 Å². The minimum absolute atomic E-state index is 0.0560. The molecule has 2 heterocycles. The van der Waals surface area contributed by atoms with E-state index in [9.17, 15) is 4.79 Å². The van der Waals surface area contributed by atoms with Crippen LogP contribution in [-0.4, -0.2) is 24.7 Å². The van der Waals surface area contributed by atoms with Crippen molar-refractivity contribution in [3.8, 4) is 0 Å². The Kier molecular flexibility index (Phi) is 5.55. The summed E-state index contributed by atoms with van der Waals surface area (Å²) < 4.78 is 11.6. The number of esters is 1. The highest BCUT2D eigenvalue weighted by atomic mass is 16.6. The quantitative estimate of drug-likeness (QED) is 0.581. The third-order valence-corrected chi connectivity index (χ3v) is 9.02. The zero-order valence-electron chi connectivity index (χ0n) is 18.5. The lowest BCUT2D eigenvalue weighted by Crippen LogP contribution is -2.93. The van der Waals surface area contributed by atoms with Crippen molar-refractivity contribution < 1.29 is 19.3 Å². The smallest absolute Gasteiger partial charge is 0.315 e. The summed E-state index contributed by atoms with van der Waals surface area (Å²) in [5.41, 5.74) is 1.71. The van der Waals surface area contributed by atoms with Crippen LogP contribution in [0.2, 0.25) is 0 Å². The summed E-state index contributed by atoms with van der Waals surface area (Å²) in [5.74, 6) is 2.82. The van der Waals surface area contributed by atoms with Crippen LogP contribution in [0.4, 0.5) is 0 Å². The molecule has 4 heteroatoms. The Morgan fingerprint density at radius 1 is 1.27 bits per heavy atom. The number of hydrogen-bond donors (Lipinski definition) is 1. The molecule has 0 aromatic carbocycles. The van der Waals surface area contributed by atoms with Crippen molar-refractivity contribution in [1.82, 2.24) is 0 Å². The van der Waals surface area contributed by atoms with E-state index in [0.717, 1.165) is 31.6 Å². The largest absolute Gasteiger partial charge is 0.469 e. The molecule has 0 amide bonds. The molecule has 1 aliphatic heterocycles. The molecule has 4 fully saturated rings. The second kappa shape index (κ2) is 8.18. The van der Waals surface area contributed by atoms with Crippen molar-refractivity contribution in [2.45, 2.75) is 83.3 Å². The molecule has 1 saturated heterocycles. The highest BCUT2D eigenvalue weighted by Gasteiger charge is 2.55. The van der Waals surface area contributed by atoms with Crippen LogP contribution < -0.4 is 5.32 Å². The van der Waals surface area contributed by atoms with Crippen molar-refractivity contribution in [3.63, 3.8) is 0 Å². The summed E-state index contributed by atoms with van der Waals surface area (Å²) in [6.45, 7) is 7.72. The van der Waals surface area contributed by atoms with Gasteiger partial charge in [-0.15, -0.1) is 0 Å². The first-order chi connectivity index (χ1) is 14.5. The number of allylic oxidation sites excluding steroid dienone is 1. The molecule has 7 atom stereocenters. The summed E-state index contributed by atoms with van der Waals surface area (Å²) in [4.78, 5) is 12.9. The Bertz CT molecular complexity index is 771. The molecule has 4 aliphatic rings. The normalized spacial score (nSPS) is 41.2. The van der Waals surface area contributed by atoms with Gasteiger partial charge in [-0.1, -0.05) is 25.5 Å². The van der Waals surface area contributed by atoms with Crippen molar-refractivity contribution in [2.24, 2.45) is 29.1 Å². The predicted octanol–water partition coefficient (Wildman–Crippen LogP) is 4.26. The number of furan rings is 1. The number of carbonyl (C=O) groups is 1. The van der Waals surface area contributed by atoms with E-state index in [-0.39, 0.29) is 23.4 Å². The van der Waals surface area contributed by atoms with E-state index in [2.05, 4.69) is 24.9 Å².